The van der Waals surface area contributed by atoms with Crippen molar-refractivity contribution in [1.29, 1.82) is 10.7 Å². The van der Waals surface area contributed by atoms with E-state index in [1.54, 1.807) is 11.3 Å². The molecule has 0 bridgehead atoms. The number of hydrogen-bond donors (Lipinski definition) is 1. The number of aryl methyl sites for hydroxylation is 1. The molecule has 0 aliphatic rings. The molecule has 0 amide bonds. The Kier molecular flexibility index (Phi) is 5.45. The lowest BCUT2D eigenvalue weighted by Crippen LogP contribution is -2.21. The Morgan fingerprint density at radius 1 is 1.35 bits per heavy atom. The summed E-state index contributed by atoms with van der Waals surface area (Å²) < 4.78 is 0. The molecule has 5 nitrogen and oxygen atoms in total. The van der Waals surface area contributed by atoms with E-state index in [4.69, 9.17) is 10.7 Å². The largest absolute Gasteiger partial charge is 0.308 e. The van der Waals surface area contributed by atoms with Crippen LogP contribution < -0.4 is 0 Å². The van der Waals surface area contributed by atoms with Gasteiger partial charge in [0.2, 0.25) is 0 Å². The first-order valence-electron chi connectivity index (χ1n) is 7.90. The summed E-state index contributed by atoms with van der Waals surface area (Å²) in [5.41, 5.74) is 3.38. The van der Waals surface area contributed by atoms with Gasteiger partial charge in [0.25, 0.3) is 0 Å². The number of thioether (sulfide) groups is 1. The molecule has 1 aromatic carbocycles. The number of carbonyl (C=O) groups is 1. The maximum Gasteiger partial charge on any atom is 0.165 e. The number of fused-ring (bicyclic) bond motifs is 1. The number of benzene rings is 1. The van der Waals surface area contributed by atoms with E-state index in [2.05, 4.69) is 39.6 Å². The van der Waals surface area contributed by atoms with E-state index < -0.39 is 5.92 Å². The highest BCUT2D eigenvalue weighted by atomic mass is 32.2. The van der Waals surface area contributed by atoms with Crippen molar-refractivity contribution >= 4 is 44.8 Å². The molecular formula is C19H16N4OS2. The van der Waals surface area contributed by atoms with Gasteiger partial charge < -0.3 is 5.41 Å². The van der Waals surface area contributed by atoms with Gasteiger partial charge in [0, 0.05) is 16.7 Å². The maximum atomic E-state index is 12.2. The monoisotopic (exact) mass is 380 g/mol. The Morgan fingerprint density at radius 2 is 2.08 bits per heavy atom. The highest BCUT2D eigenvalue weighted by Gasteiger charge is 2.21. The predicted molar refractivity (Wildman–Crippen MR) is 106 cm³/mol. The Bertz CT molecular complexity index is 1020. The molecule has 1 atom stereocenters. The van der Waals surface area contributed by atoms with E-state index in [-0.39, 0.29) is 17.2 Å². The van der Waals surface area contributed by atoms with Gasteiger partial charge in [-0.1, -0.05) is 41.6 Å². The minimum absolute atomic E-state index is 0.0711. The predicted octanol–water partition coefficient (Wildman–Crippen LogP) is 4.51. The van der Waals surface area contributed by atoms with Crippen molar-refractivity contribution in [2.75, 3.05) is 5.75 Å². The van der Waals surface area contributed by atoms with Crippen LogP contribution in [0.4, 0.5) is 0 Å². The average molecular weight is 380 g/mol. The Hall–Kier alpha value is -2.56. The first-order valence-corrected chi connectivity index (χ1v) is 9.77. The number of nitrogens with one attached hydrogen (secondary N) is 1. The molecule has 1 N–H and O–H groups in total. The van der Waals surface area contributed by atoms with Gasteiger partial charge in [0.15, 0.2) is 5.78 Å². The second kappa shape index (κ2) is 7.77. The quantitative estimate of drug-likeness (QED) is 0.386. The summed E-state index contributed by atoms with van der Waals surface area (Å²) in [6.07, 6.45) is 1.49. The van der Waals surface area contributed by atoms with Gasteiger partial charge in [0.1, 0.15) is 22.1 Å². The minimum Gasteiger partial charge on any atom is -0.308 e. The number of carbonyl (C=O) groups excluding carboxylic acids is 1. The summed E-state index contributed by atoms with van der Waals surface area (Å²) in [5, 5.41) is 20.3. The van der Waals surface area contributed by atoms with Crippen LogP contribution in [-0.4, -0.2) is 27.2 Å². The molecule has 0 unspecified atom stereocenters. The molecule has 0 radical (unpaired) electrons. The van der Waals surface area contributed by atoms with Crippen LogP contribution in [0.3, 0.4) is 0 Å². The molecule has 2 aromatic heterocycles. The van der Waals surface area contributed by atoms with Gasteiger partial charge in [0.05, 0.1) is 17.2 Å². The first kappa shape index (κ1) is 18.2. The van der Waals surface area contributed by atoms with Crippen LogP contribution in [0, 0.1) is 29.6 Å². The van der Waals surface area contributed by atoms with Crippen molar-refractivity contribution in [3.63, 3.8) is 0 Å². The van der Waals surface area contributed by atoms with Crippen LogP contribution >= 0.6 is 23.1 Å². The summed E-state index contributed by atoms with van der Waals surface area (Å²) in [7, 11) is 0. The molecule has 3 rings (SSSR count). The summed E-state index contributed by atoms with van der Waals surface area (Å²) in [6, 6.07) is 10.1. The zero-order chi connectivity index (χ0) is 18.7. The van der Waals surface area contributed by atoms with Crippen molar-refractivity contribution in [2.24, 2.45) is 5.92 Å². The molecular weight excluding hydrogens is 364 g/mol. The second-order valence-corrected chi connectivity index (χ2v) is 7.70. The molecule has 26 heavy (non-hydrogen) atoms. The maximum absolute atomic E-state index is 12.2. The molecule has 0 aliphatic heterocycles. The number of nitrogens with zero attached hydrogens (tertiary/aromatic N) is 3. The van der Waals surface area contributed by atoms with Gasteiger partial charge >= 0.3 is 0 Å². The number of Topliss-reactive ketones (excluding diaryl/α,β-unsaturated/α-hetero) is 1. The fraction of sp³-hybridized carbons (Fsp3) is 0.211. The van der Waals surface area contributed by atoms with Crippen LogP contribution in [0.5, 0.6) is 0 Å². The molecule has 0 aliphatic carbocycles. The van der Waals surface area contributed by atoms with Gasteiger partial charge in [-0.15, -0.1) is 11.3 Å². The number of hydrogen-bond acceptors (Lipinski definition) is 7. The van der Waals surface area contributed by atoms with Crippen LogP contribution in [0.2, 0.25) is 0 Å². The third-order valence-corrected chi connectivity index (χ3v) is 5.83. The fourth-order valence-corrected chi connectivity index (χ4v) is 4.43. The van der Waals surface area contributed by atoms with Gasteiger partial charge in [-0.3, -0.25) is 4.79 Å². The molecule has 0 fully saturated rings. The van der Waals surface area contributed by atoms with Crippen molar-refractivity contribution in [3.8, 4) is 17.2 Å². The van der Waals surface area contributed by atoms with Crippen molar-refractivity contribution in [2.45, 2.75) is 18.9 Å². The van der Waals surface area contributed by atoms with Crippen LogP contribution in [-0.2, 0) is 4.79 Å². The van der Waals surface area contributed by atoms with E-state index in [9.17, 15) is 4.79 Å². The highest BCUT2D eigenvalue weighted by molar-refractivity contribution is 8.00. The van der Waals surface area contributed by atoms with E-state index in [0.717, 1.165) is 26.4 Å². The lowest BCUT2D eigenvalue weighted by atomic mass is 10.0. The molecule has 7 heteroatoms. The number of nitriles is 1. The Morgan fingerprint density at radius 3 is 2.73 bits per heavy atom. The molecule has 3 aromatic rings. The number of aromatic nitrogens is 2. The highest BCUT2D eigenvalue weighted by Crippen LogP contribution is 2.38. The summed E-state index contributed by atoms with van der Waals surface area (Å²) in [5.74, 6) is -1.16. The normalized spacial score (nSPS) is 11.9. The summed E-state index contributed by atoms with van der Waals surface area (Å²) in [4.78, 5) is 21.8. The van der Waals surface area contributed by atoms with Crippen LogP contribution in [0.15, 0.2) is 41.0 Å². The summed E-state index contributed by atoms with van der Waals surface area (Å²) in [6.45, 7) is 3.52. The topological polar surface area (TPSA) is 90.5 Å². The smallest absolute Gasteiger partial charge is 0.165 e. The van der Waals surface area contributed by atoms with Gasteiger partial charge in [-0.2, -0.15) is 5.26 Å². The van der Waals surface area contributed by atoms with Crippen LogP contribution in [0.1, 0.15) is 12.5 Å². The first-order chi connectivity index (χ1) is 12.5. The molecule has 0 spiro atoms. The third kappa shape index (κ3) is 3.66. The SMILES string of the molecule is CC(=N)[C@@H](C#N)C(=O)CSc1ncnc2scc(-c3ccc(C)cc3)c12. The summed E-state index contributed by atoms with van der Waals surface area (Å²) >= 11 is 2.84. The number of thiophene rings is 1. The lowest BCUT2D eigenvalue weighted by Gasteiger charge is -2.07. The van der Waals surface area contributed by atoms with Gasteiger partial charge in [-0.05, 0) is 19.4 Å². The zero-order valence-electron chi connectivity index (χ0n) is 14.3. The number of rotatable bonds is 6. The van der Waals surface area contributed by atoms with E-state index >= 15 is 0 Å². The number of ketones is 1. The molecule has 130 valence electrons. The zero-order valence-corrected chi connectivity index (χ0v) is 15.9. The van der Waals surface area contributed by atoms with Gasteiger partial charge in [-0.25, -0.2) is 9.97 Å². The van der Waals surface area contributed by atoms with Crippen molar-refractivity contribution in [1.82, 2.24) is 9.97 Å². The standard InChI is InChI=1S/C19H16N4OS2/c1-11-3-5-13(6-4-11)15-8-25-18-17(15)19(23-10-22-18)26-9-16(24)14(7-20)12(2)21/h3-6,8,10,14,21H,9H2,1-2H3/t14-/m1/s1. The second-order valence-electron chi connectivity index (χ2n) is 5.87. The molecule has 2 heterocycles. The fourth-order valence-electron chi connectivity index (χ4n) is 2.54. The van der Waals surface area contributed by atoms with Crippen LogP contribution in [0.25, 0.3) is 21.3 Å². The molecule has 0 saturated heterocycles. The lowest BCUT2D eigenvalue weighted by molar-refractivity contribution is -0.117. The van der Waals surface area contributed by atoms with E-state index in [1.807, 2.05) is 13.0 Å². The van der Waals surface area contributed by atoms with Crippen molar-refractivity contribution < 1.29 is 4.79 Å². The minimum atomic E-state index is -0.987. The third-order valence-electron chi connectivity index (χ3n) is 3.93. The van der Waals surface area contributed by atoms with E-state index in [1.165, 1.54) is 30.6 Å². The van der Waals surface area contributed by atoms with E-state index in [0.29, 0.717) is 0 Å². The Balaban J connectivity index is 1.93. The van der Waals surface area contributed by atoms with Crippen molar-refractivity contribution in [3.05, 3.63) is 41.5 Å². The average Bonchev–Trinajstić information content (AvgIpc) is 3.05. The molecule has 0 saturated carbocycles. The Labute approximate surface area is 159 Å².